The average molecular weight is 280 g/mol. The number of hydrogen-bond donors (Lipinski definition) is 2. The fourth-order valence-corrected chi connectivity index (χ4v) is 1.93. The fourth-order valence-electron chi connectivity index (χ4n) is 1.93. The zero-order valence-corrected chi connectivity index (χ0v) is 12.6. The maximum atomic E-state index is 5.78. The molecule has 1 rings (SSSR count). The normalized spacial score (nSPS) is 10.5. The van der Waals surface area contributed by atoms with E-state index in [1.54, 1.807) is 0 Å². The Balaban J connectivity index is 2.22. The maximum absolute atomic E-state index is 5.78. The first-order valence-corrected chi connectivity index (χ1v) is 7.29. The van der Waals surface area contributed by atoms with Gasteiger partial charge in [0.2, 0.25) is 0 Å². The number of nitrogens with two attached hydrogens (primary N) is 1. The lowest BCUT2D eigenvalue weighted by Gasteiger charge is -2.11. The Kier molecular flexibility index (Phi) is 8.71. The zero-order chi connectivity index (χ0) is 14.6. The molecule has 0 saturated carbocycles. The second kappa shape index (κ2) is 10.4. The largest absolute Gasteiger partial charge is 0.491 e. The summed E-state index contributed by atoms with van der Waals surface area (Å²) in [6, 6.07) is 6.23. The first-order valence-electron chi connectivity index (χ1n) is 7.29. The van der Waals surface area contributed by atoms with Gasteiger partial charge in [-0.25, -0.2) is 0 Å². The predicted molar refractivity (Wildman–Crippen MR) is 80.8 cm³/mol. The van der Waals surface area contributed by atoms with Gasteiger partial charge in [0.05, 0.1) is 19.8 Å². The zero-order valence-electron chi connectivity index (χ0n) is 12.6. The first kappa shape index (κ1) is 16.7. The molecule has 0 radical (unpaired) electrons. The highest BCUT2D eigenvalue weighted by molar-refractivity contribution is 5.38. The van der Waals surface area contributed by atoms with E-state index in [9.17, 15) is 0 Å². The molecule has 0 fully saturated rings. The van der Waals surface area contributed by atoms with E-state index in [0.717, 1.165) is 38.4 Å². The van der Waals surface area contributed by atoms with Crippen LogP contribution < -0.4 is 15.8 Å². The lowest BCUT2D eigenvalue weighted by atomic mass is 10.1. The molecule has 4 nitrogen and oxygen atoms in total. The Bertz CT molecular complexity index is 394. The van der Waals surface area contributed by atoms with E-state index >= 15 is 0 Å². The number of ether oxygens (including phenoxy) is 2. The minimum absolute atomic E-state index is 0.586. The van der Waals surface area contributed by atoms with E-state index in [1.807, 2.05) is 12.1 Å². The van der Waals surface area contributed by atoms with E-state index in [4.69, 9.17) is 9.47 Å². The second-order valence-electron chi connectivity index (χ2n) is 4.78. The van der Waals surface area contributed by atoms with Crippen molar-refractivity contribution in [2.45, 2.75) is 13.3 Å². The summed E-state index contributed by atoms with van der Waals surface area (Å²) in [6.45, 7) is 10.9. The van der Waals surface area contributed by atoms with E-state index in [0.29, 0.717) is 13.2 Å². The predicted octanol–water partition coefficient (Wildman–Crippen LogP) is -0.0758. The highest BCUT2D eigenvalue weighted by Crippen LogP contribution is 2.20. The van der Waals surface area contributed by atoms with Crippen LogP contribution in [0.25, 0.3) is 0 Å². The molecule has 1 aromatic rings. The first-order chi connectivity index (χ1) is 9.77. The van der Waals surface area contributed by atoms with E-state index < -0.39 is 0 Å². The van der Waals surface area contributed by atoms with Crippen LogP contribution in [0.3, 0.4) is 0 Å². The van der Waals surface area contributed by atoms with Crippen molar-refractivity contribution < 1.29 is 20.5 Å². The number of hydrogen-bond acceptors (Lipinski definition) is 2. The summed E-state index contributed by atoms with van der Waals surface area (Å²) in [7, 11) is 0. The Morgan fingerprint density at radius 2 is 2.10 bits per heavy atom. The smallest absolute Gasteiger partial charge is 0.125 e. The van der Waals surface area contributed by atoms with Gasteiger partial charge in [-0.3, -0.25) is 0 Å². The van der Waals surface area contributed by atoms with E-state index in [2.05, 4.69) is 36.7 Å². The van der Waals surface area contributed by atoms with Crippen LogP contribution >= 0.6 is 0 Å². The van der Waals surface area contributed by atoms with Crippen LogP contribution in [-0.2, 0) is 11.2 Å². The van der Waals surface area contributed by atoms with Crippen molar-refractivity contribution in [2.24, 2.45) is 0 Å². The monoisotopic (exact) mass is 280 g/mol. The van der Waals surface area contributed by atoms with Gasteiger partial charge in [-0.05, 0) is 25.0 Å². The highest BCUT2D eigenvalue weighted by Gasteiger charge is 2.02. The van der Waals surface area contributed by atoms with Crippen LogP contribution in [0.2, 0.25) is 0 Å². The summed E-state index contributed by atoms with van der Waals surface area (Å²) in [5.74, 6) is 0.933. The van der Waals surface area contributed by atoms with Gasteiger partial charge in [-0.2, -0.15) is 0 Å². The fraction of sp³-hybridized carbons (Fsp3) is 0.500. The number of aryl methyl sites for hydroxylation is 1. The molecule has 0 unspecified atom stereocenters. The topological polar surface area (TPSA) is 62.7 Å². The minimum Gasteiger partial charge on any atom is -0.491 e. The third-order valence-corrected chi connectivity index (χ3v) is 2.94. The molecule has 5 N–H and O–H groups in total. The summed E-state index contributed by atoms with van der Waals surface area (Å²) in [5, 5.41) is 2.22. The molecule has 112 valence electrons. The molecular formula is C16H28N2O2+2. The van der Waals surface area contributed by atoms with Crippen molar-refractivity contribution in [3.8, 4) is 5.75 Å². The van der Waals surface area contributed by atoms with Crippen molar-refractivity contribution in [1.29, 1.82) is 0 Å². The van der Waals surface area contributed by atoms with Gasteiger partial charge >= 0.3 is 0 Å². The number of benzene rings is 1. The summed E-state index contributed by atoms with van der Waals surface area (Å²) in [4.78, 5) is 0. The number of quaternary nitrogens is 2. The van der Waals surface area contributed by atoms with Crippen molar-refractivity contribution in [1.82, 2.24) is 0 Å². The van der Waals surface area contributed by atoms with Gasteiger partial charge in [-0.1, -0.05) is 23.8 Å². The molecule has 0 bridgehead atoms. The summed E-state index contributed by atoms with van der Waals surface area (Å²) in [5.41, 5.74) is 6.22. The lowest BCUT2D eigenvalue weighted by molar-refractivity contribution is -0.671. The maximum Gasteiger partial charge on any atom is 0.125 e. The standard InChI is InChI=1S/C16H26N2O2/c1-3-4-15-13-14(2)5-6-16(15)20-12-11-19-10-9-18-8-7-17/h3,5-6,13,18H,1,4,7-12,17H2,2H3/p+2. The SMILES string of the molecule is C=CCc1cc(C)ccc1OCCOCC[NH2+]CC[NH3+]. The molecule has 0 atom stereocenters. The second-order valence-corrected chi connectivity index (χ2v) is 4.78. The van der Waals surface area contributed by atoms with Gasteiger partial charge in [0, 0.05) is 0 Å². The van der Waals surface area contributed by atoms with E-state index in [1.165, 1.54) is 11.1 Å². The molecule has 0 aliphatic heterocycles. The number of allylic oxidation sites excluding steroid dienone is 1. The van der Waals surface area contributed by atoms with Gasteiger partial charge in [0.1, 0.15) is 25.4 Å². The minimum atomic E-state index is 0.586. The van der Waals surface area contributed by atoms with Crippen LogP contribution in [-0.4, -0.2) is 39.5 Å². The average Bonchev–Trinajstić information content (AvgIpc) is 2.44. The van der Waals surface area contributed by atoms with Crippen LogP contribution in [0.15, 0.2) is 30.9 Å². The highest BCUT2D eigenvalue weighted by atomic mass is 16.5. The molecule has 0 aliphatic rings. The molecule has 20 heavy (non-hydrogen) atoms. The van der Waals surface area contributed by atoms with Gasteiger partial charge in [0.25, 0.3) is 0 Å². The molecule has 0 heterocycles. The third-order valence-electron chi connectivity index (χ3n) is 2.94. The molecule has 0 amide bonds. The molecule has 0 aliphatic carbocycles. The molecule has 0 aromatic heterocycles. The van der Waals surface area contributed by atoms with Crippen molar-refractivity contribution in [3.05, 3.63) is 42.0 Å². The molecule has 1 aromatic carbocycles. The summed E-state index contributed by atoms with van der Waals surface area (Å²) < 4.78 is 11.3. The van der Waals surface area contributed by atoms with Gasteiger partial charge in [-0.15, -0.1) is 6.58 Å². The van der Waals surface area contributed by atoms with Crippen molar-refractivity contribution in [3.63, 3.8) is 0 Å². The molecule has 4 heteroatoms. The third kappa shape index (κ3) is 6.70. The van der Waals surface area contributed by atoms with Gasteiger partial charge in [0.15, 0.2) is 0 Å². The lowest BCUT2D eigenvalue weighted by Crippen LogP contribution is -2.88. The Morgan fingerprint density at radius 3 is 2.85 bits per heavy atom. The van der Waals surface area contributed by atoms with Crippen LogP contribution in [0.4, 0.5) is 0 Å². The Labute approximate surface area is 122 Å². The molecular weight excluding hydrogens is 252 g/mol. The molecule has 0 saturated heterocycles. The quantitative estimate of drug-likeness (QED) is 0.440. The summed E-state index contributed by atoms with van der Waals surface area (Å²) in [6.07, 6.45) is 2.73. The van der Waals surface area contributed by atoms with Crippen LogP contribution in [0.5, 0.6) is 5.75 Å². The van der Waals surface area contributed by atoms with Crippen LogP contribution in [0.1, 0.15) is 11.1 Å². The van der Waals surface area contributed by atoms with Crippen molar-refractivity contribution >= 4 is 0 Å². The van der Waals surface area contributed by atoms with Gasteiger partial charge < -0.3 is 20.5 Å². The summed E-state index contributed by atoms with van der Waals surface area (Å²) >= 11 is 0. The van der Waals surface area contributed by atoms with Crippen LogP contribution in [0, 0.1) is 6.92 Å². The molecule has 0 spiro atoms. The van der Waals surface area contributed by atoms with Crippen molar-refractivity contribution in [2.75, 3.05) is 39.5 Å². The number of rotatable bonds is 11. The van der Waals surface area contributed by atoms with E-state index in [-0.39, 0.29) is 0 Å². The Morgan fingerprint density at radius 1 is 1.25 bits per heavy atom. The Hall–Kier alpha value is -1.36.